The number of nitrogens with zero attached hydrogens (tertiary/aromatic N) is 2. The summed E-state index contributed by atoms with van der Waals surface area (Å²) in [6.45, 7) is 0.581. The van der Waals surface area contributed by atoms with Crippen molar-refractivity contribution in [3.05, 3.63) is 58.9 Å². The molecule has 2 aromatic rings. The van der Waals surface area contributed by atoms with Crippen molar-refractivity contribution in [1.82, 2.24) is 9.88 Å². The van der Waals surface area contributed by atoms with E-state index >= 15 is 0 Å². The minimum Gasteiger partial charge on any atom is -0.398 e. The fraction of sp³-hybridized carbons (Fsp3) is 0.200. The highest BCUT2D eigenvalue weighted by atomic mass is 35.5. The van der Waals surface area contributed by atoms with Crippen LogP contribution >= 0.6 is 11.6 Å². The second-order valence-corrected chi connectivity index (χ2v) is 4.97. The maximum atomic E-state index is 12.3. The number of likely N-dealkylation sites (N-methyl/N-ethyl adjacent to an activating group) is 1. The monoisotopic (exact) mass is 289 g/mol. The zero-order valence-corrected chi connectivity index (χ0v) is 12.0. The predicted octanol–water partition coefficient (Wildman–Crippen LogP) is 2.63. The van der Waals surface area contributed by atoms with Crippen LogP contribution in [0.2, 0.25) is 5.02 Å². The van der Waals surface area contributed by atoms with Gasteiger partial charge in [0, 0.05) is 42.6 Å². The molecule has 0 unspecified atom stereocenters. The summed E-state index contributed by atoms with van der Waals surface area (Å²) >= 11 is 5.83. The predicted molar refractivity (Wildman–Crippen MR) is 80.8 cm³/mol. The number of hydrogen-bond donors (Lipinski definition) is 1. The molecule has 1 amide bonds. The molecular formula is C15H16ClN3O. The average molecular weight is 290 g/mol. The molecular weight excluding hydrogens is 274 g/mol. The van der Waals surface area contributed by atoms with Crippen molar-refractivity contribution in [2.75, 3.05) is 19.3 Å². The van der Waals surface area contributed by atoms with E-state index in [4.69, 9.17) is 17.3 Å². The smallest absolute Gasteiger partial charge is 0.255 e. The number of carbonyl (C=O) groups is 1. The average Bonchev–Trinajstić information content (AvgIpc) is 2.45. The van der Waals surface area contributed by atoms with Crippen molar-refractivity contribution < 1.29 is 4.79 Å². The number of pyridine rings is 1. The number of benzene rings is 1. The number of amides is 1. The van der Waals surface area contributed by atoms with Crippen molar-refractivity contribution in [1.29, 1.82) is 0 Å². The Morgan fingerprint density at radius 2 is 2.15 bits per heavy atom. The molecule has 0 atom stereocenters. The van der Waals surface area contributed by atoms with Crippen LogP contribution < -0.4 is 5.73 Å². The summed E-state index contributed by atoms with van der Waals surface area (Å²) < 4.78 is 0. The largest absolute Gasteiger partial charge is 0.398 e. The van der Waals surface area contributed by atoms with Crippen LogP contribution in [0.15, 0.2) is 42.6 Å². The molecule has 5 heteroatoms. The van der Waals surface area contributed by atoms with E-state index in [9.17, 15) is 4.79 Å². The van der Waals surface area contributed by atoms with Crippen molar-refractivity contribution in [3.63, 3.8) is 0 Å². The molecule has 1 heterocycles. The molecule has 0 spiro atoms. The van der Waals surface area contributed by atoms with Crippen LogP contribution in [0.5, 0.6) is 0 Å². The molecule has 2 N–H and O–H groups in total. The molecule has 4 nitrogen and oxygen atoms in total. The maximum absolute atomic E-state index is 12.3. The second kappa shape index (κ2) is 6.39. The van der Waals surface area contributed by atoms with E-state index in [0.29, 0.717) is 29.2 Å². The van der Waals surface area contributed by atoms with Crippen molar-refractivity contribution in [2.24, 2.45) is 0 Å². The standard InChI is InChI=1S/C15H16ClN3O/c1-19(9-7-12-4-2-3-8-18-12)15(20)13-6-5-11(16)10-14(13)17/h2-6,8,10H,7,9,17H2,1H3. The minimum absolute atomic E-state index is 0.116. The Balaban J connectivity index is 2.01. The third kappa shape index (κ3) is 3.48. The summed E-state index contributed by atoms with van der Waals surface area (Å²) in [6.07, 6.45) is 2.45. The zero-order chi connectivity index (χ0) is 14.5. The highest BCUT2D eigenvalue weighted by molar-refractivity contribution is 6.31. The lowest BCUT2D eigenvalue weighted by atomic mass is 10.1. The van der Waals surface area contributed by atoms with E-state index in [1.807, 2.05) is 18.2 Å². The Hall–Kier alpha value is -2.07. The molecule has 0 bridgehead atoms. The maximum Gasteiger partial charge on any atom is 0.255 e. The van der Waals surface area contributed by atoms with Gasteiger partial charge in [-0.2, -0.15) is 0 Å². The number of carbonyl (C=O) groups excluding carboxylic acids is 1. The summed E-state index contributed by atoms with van der Waals surface area (Å²) in [4.78, 5) is 18.1. The Morgan fingerprint density at radius 1 is 1.35 bits per heavy atom. The van der Waals surface area contributed by atoms with E-state index in [-0.39, 0.29) is 5.91 Å². The van der Waals surface area contributed by atoms with Gasteiger partial charge in [0.15, 0.2) is 0 Å². The highest BCUT2D eigenvalue weighted by Crippen LogP contribution is 2.19. The molecule has 0 radical (unpaired) electrons. The summed E-state index contributed by atoms with van der Waals surface area (Å²) in [5.41, 5.74) is 7.64. The molecule has 1 aromatic heterocycles. The van der Waals surface area contributed by atoms with Gasteiger partial charge in [-0.05, 0) is 30.3 Å². The Bertz CT molecular complexity index is 601. The van der Waals surface area contributed by atoms with Crippen LogP contribution in [0.25, 0.3) is 0 Å². The van der Waals surface area contributed by atoms with Gasteiger partial charge in [0.25, 0.3) is 5.91 Å². The summed E-state index contributed by atoms with van der Waals surface area (Å²) in [5, 5.41) is 0.523. The first-order chi connectivity index (χ1) is 9.58. The van der Waals surface area contributed by atoms with Gasteiger partial charge in [-0.15, -0.1) is 0 Å². The number of rotatable bonds is 4. The fourth-order valence-corrected chi connectivity index (χ4v) is 2.04. The Morgan fingerprint density at radius 3 is 2.80 bits per heavy atom. The van der Waals surface area contributed by atoms with Crippen molar-refractivity contribution >= 4 is 23.2 Å². The number of hydrogen-bond acceptors (Lipinski definition) is 3. The number of aromatic nitrogens is 1. The van der Waals surface area contributed by atoms with Gasteiger partial charge in [0.05, 0.1) is 5.56 Å². The van der Waals surface area contributed by atoms with Gasteiger partial charge >= 0.3 is 0 Å². The molecule has 0 fully saturated rings. The lowest BCUT2D eigenvalue weighted by molar-refractivity contribution is 0.0797. The molecule has 1 aromatic carbocycles. The molecule has 0 saturated heterocycles. The van der Waals surface area contributed by atoms with Gasteiger partial charge < -0.3 is 10.6 Å². The first kappa shape index (κ1) is 14.3. The lowest BCUT2D eigenvalue weighted by Gasteiger charge is -2.18. The van der Waals surface area contributed by atoms with Crippen LogP contribution in [0, 0.1) is 0 Å². The van der Waals surface area contributed by atoms with Gasteiger partial charge in [-0.25, -0.2) is 0 Å². The minimum atomic E-state index is -0.116. The van der Waals surface area contributed by atoms with Gasteiger partial charge in [-0.3, -0.25) is 9.78 Å². The molecule has 0 aliphatic rings. The summed E-state index contributed by atoms with van der Waals surface area (Å²) in [6, 6.07) is 10.6. The molecule has 0 aliphatic heterocycles. The van der Waals surface area contributed by atoms with Crippen LogP contribution in [0.1, 0.15) is 16.1 Å². The topological polar surface area (TPSA) is 59.2 Å². The van der Waals surface area contributed by atoms with Crippen LogP contribution in [-0.2, 0) is 6.42 Å². The van der Waals surface area contributed by atoms with Gasteiger partial charge in [0.2, 0.25) is 0 Å². The molecule has 0 saturated carbocycles. The third-order valence-electron chi connectivity index (χ3n) is 3.02. The van der Waals surface area contributed by atoms with Crippen LogP contribution in [-0.4, -0.2) is 29.4 Å². The molecule has 104 valence electrons. The van der Waals surface area contributed by atoms with E-state index < -0.39 is 0 Å². The van der Waals surface area contributed by atoms with E-state index in [0.717, 1.165) is 5.69 Å². The normalized spacial score (nSPS) is 10.3. The third-order valence-corrected chi connectivity index (χ3v) is 3.26. The number of halogens is 1. The molecule has 0 aliphatic carbocycles. The number of nitrogens with two attached hydrogens (primary N) is 1. The number of anilines is 1. The second-order valence-electron chi connectivity index (χ2n) is 4.53. The van der Waals surface area contributed by atoms with Crippen molar-refractivity contribution in [2.45, 2.75) is 6.42 Å². The first-order valence-electron chi connectivity index (χ1n) is 6.28. The van der Waals surface area contributed by atoms with Gasteiger partial charge in [-0.1, -0.05) is 17.7 Å². The highest BCUT2D eigenvalue weighted by Gasteiger charge is 2.14. The van der Waals surface area contributed by atoms with Crippen molar-refractivity contribution in [3.8, 4) is 0 Å². The van der Waals surface area contributed by atoms with Crippen LogP contribution in [0.4, 0.5) is 5.69 Å². The summed E-state index contributed by atoms with van der Waals surface area (Å²) in [5.74, 6) is -0.116. The first-order valence-corrected chi connectivity index (χ1v) is 6.66. The van der Waals surface area contributed by atoms with E-state index in [1.165, 1.54) is 0 Å². The zero-order valence-electron chi connectivity index (χ0n) is 11.2. The quantitative estimate of drug-likeness (QED) is 0.880. The van der Waals surface area contributed by atoms with E-state index in [2.05, 4.69) is 4.98 Å². The number of nitrogen functional groups attached to an aromatic ring is 1. The SMILES string of the molecule is CN(CCc1ccccn1)C(=O)c1ccc(Cl)cc1N. The van der Waals surface area contributed by atoms with Gasteiger partial charge in [0.1, 0.15) is 0 Å². The Labute approximate surface area is 123 Å². The molecule has 2 rings (SSSR count). The van der Waals surface area contributed by atoms with E-state index in [1.54, 1.807) is 36.3 Å². The van der Waals surface area contributed by atoms with Crippen LogP contribution in [0.3, 0.4) is 0 Å². The molecule has 20 heavy (non-hydrogen) atoms. The Kier molecular flexibility index (Phi) is 4.58. The fourth-order valence-electron chi connectivity index (χ4n) is 1.86. The lowest BCUT2D eigenvalue weighted by Crippen LogP contribution is -2.29. The summed E-state index contributed by atoms with van der Waals surface area (Å²) in [7, 11) is 1.75.